The van der Waals surface area contributed by atoms with Crippen molar-refractivity contribution in [3.63, 3.8) is 0 Å². The van der Waals surface area contributed by atoms with Crippen LogP contribution in [0, 0.1) is 0 Å². The largest absolute Gasteiger partial charge is 0.495 e. The molecule has 0 spiro atoms. The molecule has 0 bridgehead atoms. The van der Waals surface area contributed by atoms with E-state index >= 15 is 0 Å². The topological polar surface area (TPSA) is 53.1 Å². The zero-order valence-electron chi connectivity index (χ0n) is 9.72. The number of imidazole rings is 1. The van der Waals surface area contributed by atoms with E-state index in [1.165, 1.54) is 0 Å². The molecule has 2 rings (SSSR count). The van der Waals surface area contributed by atoms with Gasteiger partial charge in [0.1, 0.15) is 11.6 Å². The Morgan fingerprint density at radius 3 is 2.82 bits per heavy atom. The lowest BCUT2D eigenvalue weighted by Crippen LogP contribution is -2.16. The number of benzene rings is 1. The minimum Gasteiger partial charge on any atom is -0.495 e. The van der Waals surface area contributed by atoms with Crippen LogP contribution < -0.4 is 10.5 Å². The molecule has 17 heavy (non-hydrogen) atoms. The standard InChI is InChI=1S/C12H14ClN3O/c1-16-6-5-15-12(16)11(14)8-3-4-9(13)10(7-8)17-2/h3-7,11H,14H2,1-2H3. The van der Waals surface area contributed by atoms with Crippen molar-refractivity contribution in [2.24, 2.45) is 12.8 Å². The van der Waals surface area contributed by atoms with E-state index in [1.54, 1.807) is 19.4 Å². The molecule has 0 saturated heterocycles. The number of aromatic nitrogens is 2. The van der Waals surface area contributed by atoms with Crippen molar-refractivity contribution in [2.75, 3.05) is 7.11 Å². The highest BCUT2D eigenvalue weighted by Gasteiger charge is 2.14. The van der Waals surface area contributed by atoms with Crippen LogP contribution in [0.15, 0.2) is 30.6 Å². The fraction of sp³-hybridized carbons (Fsp3) is 0.250. The predicted octanol–water partition coefficient (Wildman–Crippen LogP) is 2.13. The van der Waals surface area contributed by atoms with E-state index in [-0.39, 0.29) is 6.04 Å². The highest BCUT2D eigenvalue weighted by atomic mass is 35.5. The summed E-state index contributed by atoms with van der Waals surface area (Å²) in [6.07, 6.45) is 3.59. The number of hydrogen-bond donors (Lipinski definition) is 1. The zero-order valence-corrected chi connectivity index (χ0v) is 10.5. The Hall–Kier alpha value is -1.52. The first-order valence-electron chi connectivity index (χ1n) is 5.19. The van der Waals surface area contributed by atoms with Gasteiger partial charge in [0, 0.05) is 19.4 Å². The molecular weight excluding hydrogens is 238 g/mol. The van der Waals surface area contributed by atoms with Gasteiger partial charge in [0.2, 0.25) is 0 Å². The lowest BCUT2D eigenvalue weighted by Gasteiger charge is -2.13. The average molecular weight is 252 g/mol. The van der Waals surface area contributed by atoms with Crippen LogP contribution in [-0.4, -0.2) is 16.7 Å². The van der Waals surface area contributed by atoms with Crippen molar-refractivity contribution < 1.29 is 4.74 Å². The summed E-state index contributed by atoms with van der Waals surface area (Å²) in [7, 11) is 3.49. The number of rotatable bonds is 3. The van der Waals surface area contributed by atoms with Crippen LogP contribution in [0.5, 0.6) is 5.75 Å². The summed E-state index contributed by atoms with van der Waals surface area (Å²) in [4.78, 5) is 4.23. The number of nitrogens with two attached hydrogens (primary N) is 1. The molecule has 90 valence electrons. The van der Waals surface area contributed by atoms with E-state index in [4.69, 9.17) is 22.1 Å². The Labute approximate surface area is 105 Å². The zero-order chi connectivity index (χ0) is 12.4. The Bertz CT molecular complexity index is 524. The Morgan fingerprint density at radius 1 is 1.47 bits per heavy atom. The number of aryl methyl sites for hydroxylation is 1. The van der Waals surface area contributed by atoms with Crippen LogP contribution in [-0.2, 0) is 7.05 Å². The van der Waals surface area contributed by atoms with Gasteiger partial charge < -0.3 is 15.0 Å². The molecule has 1 aromatic heterocycles. The average Bonchev–Trinajstić information content (AvgIpc) is 2.75. The summed E-state index contributed by atoms with van der Waals surface area (Å²) >= 11 is 5.97. The molecule has 0 aliphatic rings. The third-order valence-corrected chi connectivity index (χ3v) is 2.98. The van der Waals surface area contributed by atoms with Gasteiger partial charge in [0.25, 0.3) is 0 Å². The molecule has 1 atom stereocenters. The molecule has 5 heteroatoms. The second-order valence-electron chi connectivity index (χ2n) is 3.77. The third kappa shape index (κ3) is 2.28. The first kappa shape index (κ1) is 12.0. The van der Waals surface area contributed by atoms with Crippen LogP contribution in [0.1, 0.15) is 17.4 Å². The van der Waals surface area contributed by atoms with E-state index in [1.807, 2.05) is 29.9 Å². The number of hydrogen-bond acceptors (Lipinski definition) is 3. The minimum absolute atomic E-state index is 0.291. The van der Waals surface area contributed by atoms with E-state index in [0.717, 1.165) is 11.4 Å². The van der Waals surface area contributed by atoms with E-state index in [9.17, 15) is 0 Å². The lowest BCUT2D eigenvalue weighted by atomic mass is 10.1. The van der Waals surface area contributed by atoms with Gasteiger partial charge in [0.15, 0.2) is 0 Å². The highest BCUT2D eigenvalue weighted by molar-refractivity contribution is 6.32. The van der Waals surface area contributed by atoms with E-state index in [2.05, 4.69) is 4.98 Å². The quantitative estimate of drug-likeness (QED) is 0.909. The molecule has 1 heterocycles. The smallest absolute Gasteiger partial charge is 0.137 e. The van der Waals surface area contributed by atoms with Gasteiger partial charge in [-0.25, -0.2) is 4.98 Å². The second-order valence-corrected chi connectivity index (χ2v) is 4.18. The molecule has 1 unspecified atom stereocenters. The number of methoxy groups -OCH3 is 1. The van der Waals surface area contributed by atoms with Crippen LogP contribution >= 0.6 is 11.6 Å². The van der Waals surface area contributed by atoms with Crippen LogP contribution in [0.4, 0.5) is 0 Å². The summed E-state index contributed by atoms with van der Waals surface area (Å²) in [5, 5.41) is 0.572. The Morgan fingerprint density at radius 2 is 2.24 bits per heavy atom. The molecule has 0 aliphatic heterocycles. The van der Waals surface area contributed by atoms with Gasteiger partial charge in [0.05, 0.1) is 18.2 Å². The number of nitrogens with zero attached hydrogens (tertiary/aromatic N) is 2. The first-order chi connectivity index (χ1) is 8.13. The molecule has 2 N–H and O–H groups in total. The maximum Gasteiger partial charge on any atom is 0.137 e. The maximum absolute atomic E-state index is 6.15. The molecule has 0 amide bonds. The van der Waals surface area contributed by atoms with E-state index in [0.29, 0.717) is 10.8 Å². The summed E-state index contributed by atoms with van der Waals surface area (Å²) < 4.78 is 7.06. The molecule has 2 aromatic rings. The normalized spacial score (nSPS) is 12.5. The second kappa shape index (κ2) is 4.77. The Kier molecular flexibility index (Phi) is 3.36. The SMILES string of the molecule is COc1cc(C(N)c2nccn2C)ccc1Cl. The Balaban J connectivity index is 2.38. The molecule has 1 aromatic carbocycles. The maximum atomic E-state index is 6.15. The van der Waals surface area contributed by atoms with Crippen molar-refractivity contribution >= 4 is 11.6 Å². The highest BCUT2D eigenvalue weighted by Crippen LogP contribution is 2.28. The molecule has 0 aliphatic carbocycles. The first-order valence-corrected chi connectivity index (χ1v) is 5.57. The molecule has 0 radical (unpaired) electrons. The van der Waals surface area contributed by atoms with Gasteiger partial charge in [-0.3, -0.25) is 0 Å². The summed E-state index contributed by atoms with van der Waals surface area (Å²) in [6, 6.07) is 5.20. The van der Waals surface area contributed by atoms with Crippen molar-refractivity contribution in [3.8, 4) is 5.75 Å². The van der Waals surface area contributed by atoms with E-state index < -0.39 is 0 Å². The van der Waals surface area contributed by atoms with Gasteiger partial charge in [-0.1, -0.05) is 17.7 Å². The van der Waals surface area contributed by atoms with Gasteiger partial charge in [-0.2, -0.15) is 0 Å². The minimum atomic E-state index is -0.291. The fourth-order valence-corrected chi connectivity index (χ4v) is 1.89. The number of ether oxygens (including phenoxy) is 1. The number of halogens is 1. The monoisotopic (exact) mass is 251 g/mol. The van der Waals surface area contributed by atoms with Crippen molar-refractivity contribution in [3.05, 3.63) is 47.0 Å². The van der Waals surface area contributed by atoms with Crippen molar-refractivity contribution in [2.45, 2.75) is 6.04 Å². The fourth-order valence-electron chi connectivity index (χ4n) is 1.70. The summed E-state index contributed by atoms with van der Waals surface area (Å²) in [5.41, 5.74) is 7.07. The molecular formula is C12H14ClN3O. The van der Waals surface area contributed by atoms with Crippen molar-refractivity contribution in [1.82, 2.24) is 9.55 Å². The van der Waals surface area contributed by atoms with Crippen LogP contribution in [0.2, 0.25) is 5.02 Å². The lowest BCUT2D eigenvalue weighted by molar-refractivity contribution is 0.414. The summed E-state index contributed by atoms with van der Waals surface area (Å²) in [5.74, 6) is 1.42. The van der Waals surface area contributed by atoms with Crippen LogP contribution in [0.3, 0.4) is 0 Å². The van der Waals surface area contributed by atoms with Gasteiger partial charge >= 0.3 is 0 Å². The van der Waals surface area contributed by atoms with Crippen LogP contribution in [0.25, 0.3) is 0 Å². The summed E-state index contributed by atoms with van der Waals surface area (Å²) in [6.45, 7) is 0. The van der Waals surface area contributed by atoms with Gasteiger partial charge in [-0.15, -0.1) is 0 Å². The molecule has 0 saturated carbocycles. The van der Waals surface area contributed by atoms with Gasteiger partial charge in [-0.05, 0) is 17.7 Å². The molecule has 0 fully saturated rings. The third-order valence-electron chi connectivity index (χ3n) is 2.67. The van der Waals surface area contributed by atoms with Crippen molar-refractivity contribution in [1.29, 1.82) is 0 Å². The predicted molar refractivity (Wildman–Crippen MR) is 67.2 cm³/mol. The molecule has 4 nitrogen and oxygen atoms in total.